The number of hydrogen-bond acceptors (Lipinski definition) is 10. The van der Waals surface area contributed by atoms with Gasteiger partial charge in [-0.2, -0.15) is 0 Å². The number of unbranched alkanes of at least 4 members (excludes halogenated alkanes) is 49. The Morgan fingerprint density at radius 1 is 0.385 bits per heavy atom. The van der Waals surface area contributed by atoms with E-state index in [0.717, 1.165) is 77.0 Å². The molecule has 1 aliphatic rings. The molecule has 11 nitrogen and oxygen atoms in total. The number of carbonyl (C=O) groups excluding carboxylic acids is 2. The summed E-state index contributed by atoms with van der Waals surface area (Å²) in [4.78, 5) is 25.2. The first-order chi connectivity index (χ1) is 47.2. The Labute approximate surface area is 591 Å². The summed E-state index contributed by atoms with van der Waals surface area (Å²) in [5.74, 6) is -0.186. The molecule has 1 fully saturated rings. The van der Waals surface area contributed by atoms with Crippen LogP contribution < -0.4 is 5.32 Å². The first-order valence-electron chi connectivity index (χ1n) is 41.2. The molecule has 7 unspecified atom stereocenters. The fourth-order valence-electron chi connectivity index (χ4n) is 12.8. The second-order valence-corrected chi connectivity index (χ2v) is 28.4. The lowest BCUT2D eigenvalue weighted by Gasteiger charge is -2.40. The molecule has 560 valence electrons. The Bertz CT molecular complexity index is 1830. The van der Waals surface area contributed by atoms with E-state index in [1.165, 1.54) is 289 Å². The number of hydrogen-bond donors (Lipinski definition) is 6. The zero-order chi connectivity index (χ0) is 69.4. The Morgan fingerprint density at radius 2 is 0.708 bits per heavy atom. The summed E-state index contributed by atoms with van der Waals surface area (Å²) < 4.78 is 16.8. The smallest absolute Gasteiger partial charge is 0.305 e. The molecule has 0 spiro atoms. The van der Waals surface area contributed by atoms with Crippen LogP contribution in [0.15, 0.2) is 72.9 Å². The number of aliphatic hydroxyl groups is 5. The predicted octanol–water partition coefficient (Wildman–Crippen LogP) is 22.6. The van der Waals surface area contributed by atoms with Crippen LogP contribution in [0.25, 0.3) is 0 Å². The summed E-state index contributed by atoms with van der Waals surface area (Å²) in [6.45, 7) is 4.34. The Kier molecular flexibility index (Phi) is 69.6. The molecule has 0 radical (unpaired) electrons. The molecule has 1 rings (SSSR count). The molecule has 0 bridgehead atoms. The number of rotatable bonds is 73. The van der Waals surface area contributed by atoms with Crippen molar-refractivity contribution in [3.8, 4) is 0 Å². The Hall–Kier alpha value is -2.90. The van der Waals surface area contributed by atoms with Gasteiger partial charge in [0.2, 0.25) is 5.91 Å². The predicted molar refractivity (Wildman–Crippen MR) is 407 cm³/mol. The summed E-state index contributed by atoms with van der Waals surface area (Å²) >= 11 is 0. The van der Waals surface area contributed by atoms with Crippen LogP contribution in [-0.2, 0) is 23.8 Å². The highest BCUT2D eigenvalue weighted by atomic mass is 16.7. The van der Waals surface area contributed by atoms with Crippen molar-refractivity contribution in [1.82, 2.24) is 5.32 Å². The standard InChI is InChI=1S/C85H155NO10/c1-3-5-7-9-11-13-15-17-44-47-51-55-59-63-67-71-78(88)77(76-95-85-84(93)83(92)82(91)79(75-87)96-85)86-80(89)72-68-64-60-56-52-48-45-42-40-38-36-34-32-30-28-26-24-22-20-19-21-23-25-27-29-31-33-35-37-39-41-43-46-50-54-58-62-66-70-74-94-81(90)73-69-65-61-57-53-49-18-16-14-12-10-8-6-4-2/h15-20,23,25,51,55,67,71,77-79,82-85,87-88,91-93H,3-14,21-22,24,26-50,52-54,56-66,68-70,72-76H2,1-2H3,(H,86,89)/b17-15+,18-16-,20-19-,25-23-,55-51+,71-67+. The van der Waals surface area contributed by atoms with Gasteiger partial charge in [-0.15, -0.1) is 0 Å². The van der Waals surface area contributed by atoms with Crippen LogP contribution >= 0.6 is 0 Å². The summed E-state index contributed by atoms with van der Waals surface area (Å²) in [5, 5.41) is 54.6. The first kappa shape index (κ1) is 91.1. The highest BCUT2D eigenvalue weighted by Gasteiger charge is 2.44. The number of aliphatic hydroxyl groups excluding tert-OH is 5. The summed E-state index contributed by atoms with van der Waals surface area (Å²) in [7, 11) is 0. The zero-order valence-electron chi connectivity index (χ0n) is 62.6. The number of esters is 1. The van der Waals surface area contributed by atoms with Gasteiger partial charge in [-0.25, -0.2) is 0 Å². The number of ether oxygens (including phenoxy) is 3. The molecule has 0 aromatic heterocycles. The summed E-state index contributed by atoms with van der Waals surface area (Å²) in [5.41, 5.74) is 0. The minimum absolute atomic E-state index is 0.00585. The molecule has 1 aliphatic heterocycles. The molecule has 0 saturated carbocycles. The first-order valence-corrected chi connectivity index (χ1v) is 41.2. The topological polar surface area (TPSA) is 175 Å². The fraction of sp³-hybridized carbons (Fsp3) is 0.835. The maximum Gasteiger partial charge on any atom is 0.305 e. The number of carbonyl (C=O) groups is 2. The van der Waals surface area contributed by atoms with Crippen LogP contribution in [0.4, 0.5) is 0 Å². The van der Waals surface area contributed by atoms with Gasteiger partial charge in [0.25, 0.3) is 0 Å². The third kappa shape index (κ3) is 61.0. The van der Waals surface area contributed by atoms with Crippen molar-refractivity contribution in [2.75, 3.05) is 19.8 Å². The van der Waals surface area contributed by atoms with E-state index in [1.54, 1.807) is 6.08 Å². The van der Waals surface area contributed by atoms with Gasteiger partial charge in [0.05, 0.1) is 32.0 Å². The highest BCUT2D eigenvalue weighted by molar-refractivity contribution is 5.76. The van der Waals surface area contributed by atoms with E-state index in [0.29, 0.717) is 19.4 Å². The lowest BCUT2D eigenvalue weighted by atomic mass is 9.99. The van der Waals surface area contributed by atoms with Crippen molar-refractivity contribution in [2.24, 2.45) is 0 Å². The van der Waals surface area contributed by atoms with Crippen LogP contribution in [-0.4, -0.2) is 100 Å². The van der Waals surface area contributed by atoms with Gasteiger partial charge in [-0.1, -0.05) is 337 Å². The van der Waals surface area contributed by atoms with Crippen molar-refractivity contribution in [3.05, 3.63) is 72.9 Å². The van der Waals surface area contributed by atoms with E-state index in [-0.39, 0.29) is 18.5 Å². The minimum Gasteiger partial charge on any atom is -0.466 e. The number of amides is 1. The van der Waals surface area contributed by atoms with E-state index in [1.807, 2.05) is 6.08 Å². The maximum absolute atomic E-state index is 13.1. The second kappa shape index (κ2) is 73.3. The molecule has 0 aromatic carbocycles. The van der Waals surface area contributed by atoms with E-state index in [4.69, 9.17) is 14.2 Å². The lowest BCUT2D eigenvalue weighted by molar-refractivity contribution is -0.302. The molecule has 1 saturated heterocycles. The third-order valence-corrected chi connectivity index (χ3v) is 19.2. The molecule has 7 atom stereocenters. The monoisotopic (exact) mass is 1350 g/mol. The number of allylic oxidation sites excluding steroid dienone is 11. The number of nitrogens with one attached hydrogen (secondary N) is 1. The average Bonchev–Trinajstić information content (AvgIpc) is 1.45. The molecule has 1 heterocycles. The summed E-state index contributed by atoms with van der Waals surface area (Å²) in [6.07, 6.45) is 90.8. The third-order valence-electron chi connectivity index (χ3n) is 19.2. The van der Waals surface area contributed by atoms with Crippen molar-refractivity contribution in [1.29, 1.82) is 0 Å². The molecular formula is C85H155NO10. The second-order valence-electron chi connectivity index (χ2n) is 28.4. The molecule has 6 N–H and O–H groups in total. The molecule has 0 aromatic rings. The van der Waals surface area contributed by atoms with E-state index < -0.39 is 49.5 Å². The van der Waals surface area contributed by atoms with Gasteiger partial charge < -0.3 is 45.1 Å². The zero-order valence-corrected chi connectivity index (χ0v) is 62.6. The largest absolute Gasteiger partial charge is 0.466 e. The van der Waals surface area contributed by atoms with Crippen molar-refractivity contribution in [3.63, 3.8) is 0 Å². The lowest BCUT2D eigenvalue weighted by Crippen LogP contribution is -2.60. The van der Waals surface area contributed by atoms with Gasteiger partial charge in [-0.05, 0) is 116 Å². The van der Waals surface area contributed by atoms with Gasteiger partial charge in [0, 0.05) is 12.8 Å². The van der Waals surface area contributed by atoms with Gasteiger partial charge in [0.15, 0.2) is 6.29 Å². The minimum atomic E-state index is -1.58. The van der Waals surface area contributed by atoms with Gasteiger partial charge >= 0.3 is 5.97 Å². The van der Waals surface area contributed by atoms with Crippen molar-refractivity contribution < 1.29 is 49.3 Å². The highest BCUT2D eigenvalue weighted by Crippen LogP contribution is 2.24. The van der Waals surface area contributed by atoms with E-state index in [9.17, 15) is 35.1 Å². The van der Waals surface area contributed by atoms with Crippen molar-refractivity contribution in [2.45, 2.75) is 436 Å². The van der Waals surface area contributed by atoms with Crippen molar-refractivity contribution >= 4 is 11.9 Å². The van der Waals surface area contributed by atoms with Crippen LogP contribution in [0.3, 0.4) is 0 Å². The summed E-state index contributed by atoms with van der Waals surface area (Å²) in [6, 6.07) is -0.834. The molecule has 0 aliphatic carbocycles. The molecule has 1 amide bonds. The SMILES string of the molecule is CCCCCCC/C=C\CCCCCCCC(=O)OCCCCCCCCCCCCCCCCC/C=C\C/C=C\CCCCCCCCCCCCCCCCCCCC(=O)NC(COC1OC(CO)C(O)C(O)C1O)C(O)/C=C/CC/C=C/CC/C=C/CCCCCCC. The Balaban J connectivity index is 1.93. The van der Waals surface area contributed by atoms with Crippen LogP contribution in [0.2, 0.25) is 0 Å². The molecular weight excluding hydrogens is 1190 g/mol. The van der Waals surface area contributed by atoms with E-state index >= 15 is 0 Å². The average molecular weight is 1350 g/mol. The Morgan fingerprint density at radius 3 is 1.09 bits per heavy atom. The van der Waals surface area contributed by atoms with Gasteiger partial charge in [0.1, 0.15) is 24.4 Å². The fourth-order valence-corrected chi connectivity index (χ4v) is 12.8. The molecule has 11 heteroatoms. The quantitative estimate of drug-likeness (QED) is 0.0195. The normalized spacial score (nSPS) is 17.7. The van der Waals surface area contributed by atoms with Crippen LogP contribution in [0.1, 0.15) is 393 Å². The maximum atomic E-state index is 13.1. The van der Waals surface area contributed by atoms with Gasteiger partial charge in [-0.3, -0.25) is 9.59 Å². The van der Waals surface area contributed by atoms with Crippen LogP contribution in [0.5, 0.6) is 0 Å². The molecule has 96 heavy (non-hydrogen) atoms. The van der Waals surface area contributed by atoms with Crippen LogP contribution in [0, 0.1) is 0 Å². The van der Waals surface area contributed by atoms with E-state index in [2.05, 4.69) is 79.9 Å².